The van der Waals surface area contributed by atoms with Crippen LogP contribution in [0.3, 0.4) is 0 Å². The summed E-state index contributed by atoms with van der Waals surface area (Å²) in [5.74, 6) is 0. The molecule has 0 aromatic rings. The molecule has 0 amide bonds. The Hall–Kier alpha value is -0.170. The highest BCUT2D eigenvalue weighted by atomic mass is 32.3. The van der Waals surface area contributed by atoms with E-state index in [1.807, 2.05) is 0 Å². The van der Waals surface area contributed by atoms with Crippen molar-refractivity contribution in [3.63, 3.8) is 0 Å². The third-order valence-corrected chi connectivity index (χ3v) is 2.00. The zero-order valence-corrected chi connectivity index (χ0v) is 6.76. The standard InChI is InChI=1S/C5H11NO4S/c7-11(8,9)10-4-5-2-1-3-6-5/h5-6H,1-4H2,(H,7,8,9)/p-1. The minimum Gasteiger partial charge on any atom is -0.726 e. The average molecular weight is 180 g/mol. The lowest BCUT2D eigenvalue weighted by molar-refractivity contribution is 0.237. The fourth-order valence-electron chi connectivity index (χ4n) is 1.06. The Morgan fingerprint density at radius 3 is 2.82 bits per heavy atom. The van der Waals surface area contributed by atoms with Crippen LogP contribution in [-0.4, -0.2) is 32.2 Å². The maximum atomic E-state index is 9.98. The lowest BCUT2D eigenvalue weighted by Gasteiger charge is -2.12. The van der Waals surface area contributed by atoms with E-state index in [2.05, 4.69) is 9.50 Å². The van der Waals surface area contributed by atoms with E-state index in [1.165, 1.54) is 0 Å². The number of hydrogen-bond acceptors (Lipinski definition) is 5. The predicted octanol–water partition coefficient (Wildman–Crippen LogP) is -0.785. The van der Waals surface area contributed by atoms with Gasteiger partial charge in [0, 0.05) is 6.04 Å². The molecule has 0 aliphatic carbocycles. The molecule has 1 rings (SSSR count). The highest BCUT2D eigenvalue weighted by molar-refractivity contribution is 7.80. The van der Waals surface area contributed by atoms with Gasteiger partial charge in [-0.05, 0) is 19.4 Å². The molecule has 66 valence electrons. The molecule has 1 saturated heterocycles. The summed E-state index contributed by atoms with van der Waals surface area (Å²) in [4.78, 5) is 0. The van der Waals surface area contributed by atoms with Crippen LogP contribution in [0.4, 0.5) is 0 Å². The molecule has 6 heteroatoms. The Balaban J connectivity index is 2.22. The van der Waals surface area contributed by atoms with Crippen LogP contribution in [0.25, 0.3) is 0 Å². The van der Waals surface area contributed by atoms with Crippen molar-refractivity contribution in [3.8, 4) is 0 Å². The Morgan fingerprint density at radius 1 is 1.64 bits per heavy atom. The van der Waals surface area contributed by atoms with Crippen molar-refractivity contribution in [3.05, 3.63) is 0 Å². The highest BCUT2D eigenvalue weighted by Crippen LogP contribution is 2.05. The average Bonchev–Trinajstić information content (AvgIpc) is 2.32. The number of hydrogen-bond donors (Lipinski definition) is 1. The van der Waals surface area contributed by atoms with Crippen LogP contribution in [0.1, 0.15) is 12.8 Å². The summed E-state index contributed by atoms with van der Waals surface area (Å²) < 4.78 is 34.0. The largest absolute Gasteiger partial charge is 0.726 e. The van der Waals surface area contributed by atoms with Crippen LogP contribution in [-0.2, 0) is 14.6 Å². The van der Waals surface area contributed by atoms with E-state index in [-0.39, 0.29) is 12.6 Å². The maximum Gasteiger partial charge on any atom is 0.217 e. The van der Waals surface area contributed by atoms with Gasteiger partial charge >= 0.3 is 0 Å². The second kappa shape index (κ2) is 3.48. The van der Waals surface area contributed by atoms with E-state index >= 15 is 0 Å². The number of rotatable bonds is 3. The second-order valence-corrected chi connectivity index (χ2v) is 3.54. The van der Waals surface area contributed by atoms with E-state index in [1.54, 1.807) is 0 Å². The molecule has 0 radical (unpaired) electrons. The van der Waals surface area contributed by atoms with Crippen molar-refractivity contribution in [1.82, 2.24) is 5.32 Å². The van der Waals surface area contributed by atoms with Crippen molar-refractivity contribution in [1.29, 1.82) is 0 Å². The van der Waals surface area contributed by atoms with Gasteiger partial charge in [0.1, 0.15) is 0 Å². The van der Waals surface area contributed by atoms with Gasteiger partial charge in [0.2, 0.25) is 10.4 Å². The highest BCUT2D eigenvalue weighted by Gasteiger charge is 2.14. The predicted molar refractivity (Wildman–Crippen MR) is 36.7 cm³/mol. The van der Waals surface area contributed by atoms with Gasteiger partial charge in [0.25, 0.3) is 0 Å². The van der Waals surface area contributed by atoms with Gasteiger partial charge in [-0.25, -0.2) is 8.42 Å². The van der Waals surface area contributed by atoms with Crippen LogP contribution in [0, 0.1) is 0 Å². The van der Waals surface area contributed by atoms with Crippen molar-refractivity contribution >= 4 is 10.4 Å². The van der Waals surface area contributed by atoms with Crippen LogP contribution < -0.4 is 5.32 Å². The summed E-state index contributed by atoms with van der Waals surface area (Å²) in [6.45, 7) is 0.832. The molecule has 1 aliphatic heterocycles. The molecular weight excluding hydrogens is 170 g/mol. The van der Waals surface area contributed by atoms with Gasteiger partial charge in [-0.15, -0.1) is 0 Å². The number of nitrogens with one attached hydrogen (secondary N) is 1. The normalized spacial score (nSPS) is 25.7. The van der Waals surface area contributed by atoms with Gasteiger partial charge in [-0.1, -0.05) is 0 Å². The van der Waals surface area contributed by atoms with Crippen LogP contribution in [0.15, 0.2) is 0 Å². The molecule has 1 fully saturated rings. The first-order chi connectivity index (χ1) is 5.08. The SMILES string of the molecule is O=S(=O)([O-])OCC1CCCN1. The fourth-order valence-corrected chi connectivity index (χ4v) is 1.40. The van der Waals surface area contributed by atoms with Crippen LogP contribution in [0.5, 0.6) is 0 Å². The van der Waals surface area contributed by atoms with Crippen molar-refractivity contribution in [2.75, 3.05) is 13.2 Å². The Bertz CT molecular complexity index is 207. The van der Waals surface area contributed by atoms with Gasteiger partial charge in [-0.3, -0.25) is 4.18 Å². The summed E-state index contributed by atoms with van der Waals surface area (Å²) in [7, 11) is -4.50. The van der Waals surface area contributed by atoms with Gasteiger partial charge in [0.05, 0.1) is 6.61 Å². The van der Waals surface area contributed by atoms with E-state index in [0.29, 0.717) is 0 Å². The summed E-state index contributed by atoms with van der Waals surface area (Å²) in [6, 6.07) is 0.0266. The first-order valence-corrected chi connectivity index (χ1v) is 4.75. The van der Waals surface area contributed by atoms with Crippen molar-refractivity contribution in [2.24, 2.45) is 0 Å². The molecule has 11 heavy (non-hydrogen) atoms. The lowest BCUT2D eigenvalue weighted by atomic mass is 10.2. The summed E-state index contributed by atoms with van der Waals surface area (Å²) in [5, 5.41) is 3.00. The zero-order valence-electron chi connectivity index (χ0n) is 5.95. The maximum absolute atomic E-state index is 9.98. The van der Waals surface area contributed by atoms with Crippen LogP contribution in [0.2, 0.25) is 0 Å². The molecule has 1 atom stereocenters. The van der Waals surface area contributed by atoms with Gasteiger partial charge in [0.15, 0.2) is 0 Å². The van der Waals surface area contributed by atoms with E-state index in [9.17, 15) is 13.0 Å². The Kier molecular flexibility index (Phi) is 2.83. The zero-order chi connectivity index (χ0) is 8.32. The van der Waals surface area contributed by atoms with E-state index < -0.39 is 10.4 Å². The topological polar surface area (TPSA) is 78.5 Å². The fraction of sp³-hybridized carbons (Fsp3) is 1.00. The molecule has 1 unspecified atom stereocenters. The van der Waals surface area contributed by atoms with E-state index in [0.717, 1.165) is 19.4 Å². The molecule has 0 aromatic heterocycles. The molecule has 5 nitrogen and oxygen atoms in total. The molecule has 0 spiro atoms. The monoisotopic (exact) mass is 180 g/mol. The third-order valence-electron chi connectivity index (χ3n) is 1.58. The van der Waals surface area contributed by atoms with Crippen LogP contribution >= 0.6 is 0 Å². The van der Waals surface area contributed by atoms with E-state index in [4.69, 9.17) is 0 Å². The second-order valence-electron chi connectivity index (χ2n) is 2.49. The molecule has 0 saturated carbocycles. The lowest BCUT2D eigenvalue weighted by Crippen LogP contribution is -2.28. The summed E-state index contributed by atoms with van der Waals surface area (Å²) in [5.41, 5.74) is 0. The summed E-state index contributed by atoms with van der Waals surface area (Å²) >= 11 is 0. The van der Waals surface area contributed by atoms with Crippen molar-refractivity contribution in [2.45, 2.75) is 18.9 Å². The molecule has 1 heterocycles. The minimum absolute atomic E-state index is 0.0266. The molecular formula is C5H10NO4S-. The third kappa shape index (κ3) is 3.66. The van der Waals surface area contributed by atoms with Gasteiger partial charge < -0.3 is 9.87 Å². The van der Waals surface area contributed by atoms with Gasteiger partial charge in [-0.2, -0.15) is 0 Å². The molecule has 0 bridgehead atoms. The minimum atomic E-state index is -4.50. The summed E-state index contributed by atoms with van der Waals surface area (Å²) in [6.07, 6.45) is 1.88. The molecule has 1 aliphatic rings. The Morgan fingerprint density at radius 2 is 2.36 bits per heavy atom. The van der Waals surface area contributed by atoms with Crippen molar-refractivity contribution < 1.29 is 17.2 Å². The quantitative estimate of drug-likeness (QED) is 0.455. The molecule has 0 aromatic carbocycles. The smallest absolute Gasteiger partial charge is 0.217 e. The Labute approximate surface area is 65.7 Å². The first kappa shape index (κ1) is 8.92. The first-order valence-electron chi connectivity index (χ1n) is 3.41. The molecule has 1 N–H and O–H groups in total.